The first-order chi connectivity index (χ1) is 6.92. The van der Waals surface area contributed by atoms with Gasteiger partial charge in [-0.25, -0.2) is 0 Å². The zero-order chi connectivity index (χ0) is 9.80. The number of benzene rings is 1. The summed E-state index contributed by atoms with van der Waals surface area (Å²) in [5.74, 6) is 0.519. The lowest BCUT2D eigenvalue weighted by Gasteiger charge is -1.99. The van der Waals surface area contributed by atoms with Crippen molar-refractivity contribution in [2.24, 2.45) is 0 Å². The van der Waals surface area contributed by atoms with E-state index in [1.54, 1.807) is 0 Å². The molecule has 0 spiro atoms. The van der Waals surface area contributed by atoms with Crippen LogP contribution in [0, 0.1) is 0 Å². The second kappa shape index (κ2) is 5.74. The number of nitrogens with zero attached hydrogens (tertiary/aromatic N) is 1. The van der Waals surface area contributed by atoms with E-state index in [1.165, 1.54) is 5.39 Å². The lowest BCUT2D eigenvalue weighted by Crippen LogP contribution is -1.82. The van der Waals surface area contributed by atoms with Crippen LogP contribution in [-0.2, 0) is 0 Å². The van der Waals surface area contributed by atoms with Crippen molar-refractivity contribution < 1.29 is 0 Å². The summed E-state index contributed by atoms with van der Waals surface area (Å²) in [7, 11) is 0. The Balaban J connectivity index is 0.00000112. The number of pyridine rings is 1. The average Bonchev–Trinajstić information content (AvgIpc) is 2.26. The third-order valence-electron chi connectivity index (χ3n) is 2.07. The van der Waals surface area contributed by atoms with Crippen LogP contribution in [-0.4, -0.2) is 10.9 Å². The molecule has 0 amide bonds. The first-order valence-corrected chi connectivity index (χ1v) is 5.01. The maximum absolute atomic E-state index is 5.59. The second-order valence-corrected chi connectivity index (χ2v) is 3.28. The summed E-state index contributed by atoms with van der Waals surface area (Å²) in [6, 6.07) is 10.2. The van der Waals surface area contributed by atoms with Gasteiger partial charge in [0.15, 0.2) is 0 Å². The van der Waals surface area contributed by atoms with E-state index in [9.17, 15) is 0 Å². The first kappa shape index (κ1) is 12.0. The Morgan fingerprint density at radius 3 is 2.80 bits per heavy atom. The fourth-order valence-corrected chi connectivity index (χ4v) is 1.52. The maximum Gasteiger partial charge on any atom is 0.0705 e. The van der Waals surface area contributed by atoms with Crippen LogP contribution in [0.25, 0.3) is 16.8 Å². The highest BCUT2D eigenvalue weighted by atomic mass is 35.5. The summed E-state index contributed by atoms with van der Waals surface area (Å²) >= 11 is 5.59. The van der Waals surface area contributed by atoms with E-state index in [-0.39, 0.29) is 12.4 Å². The Hall–Kier alpha value is -1.05. The lowest BCUT2D eigenvalue weighted by molar-refractivity contribution is 1.33. The lowest BCUT2D eigenvalue weighted by atomic mass is 10.1. The number of aromatic nitrogens is 1. The van der Waals surface area contributed by atoms with Gasteiger partial charge in [-0.15, -0.1) is 24.0 Å². The van der Waals surface area contributed by atoms with Gasteiger partial charge in [-0.2, -0.15) is 0 Å². The zero-order valence-corrected chi connectivity index (χ0v) is 9.63. The van der Waals surface area contributed by atoms with Crippen molar-refractivity contribution >= 4 is 40.9 Å². The van der Waals surface area contributed by atoms with Gasteiger partial charge in [0.05, 0.1) is 5.69 Å². The van der Waals surface area contributed by atoms with Crippen LogP contribution < -0.4 is 0 Å². The number of alkyl halides is 1. The quantitative estimate of drug-likeness (QED) is 0.725. The second-order valence-electron chi connectivity index (χ2n) is 2.97. The smallest absolute Gasteiger partial charge is 0.0705 e. The predicted octanol–water partition coefficient (Wildman–Crippen LogP) is 3.91. The molecule has 1 aromatic heterocycles. The third-order valence-corrected chi connectivity index (χ3v) is 2.25. The summed E-state index contributed by atoms with van der Waals surface area (Å²) in [6.07, 6.45) is 5.67. The van der Waals surface area contributed by atoms with Gasteiger partial charge in [-0.05, 0) is 17.5 Å². The number of fused-ring (bicyclic) bond motifs is 1. The largest absolute Gasteiger partial charge is 0.256 e. The highest BCUT2D eigenvalue weighted by Crippen LogP contribution is 2.17. The molecule has 0 radical (unpaired) electrons. The van der Waals surface area contributed by atoms with E-state index in [1.807, 2.05) is 36.5 Å². The number of halogens is 2. The van der Waals surface area contributed by atoms with Crippen molar-refractivity contribution in [1.82, 2.24) is 4.98 Å². The number of hydrogen-bond donors (Lipinski definition) is 0. The molecule has 0 aliphatic rings. The molecule has 0 atom stereocenters. The van der Waals surface area contributed by atoms with Gasteiger partial charge in [0.2, 0.25) is 0 Å². The maximum atomic E-state index is 5.59. The number of allylic oxidation sites excluding steroid dienone is 1. The van der Waals surface area contributed by atoms with Crippen molar-refractivity contribution in [3.05, 3.63) is 48.3 Å². The zero-order valence-electron chi connectivity index (χ0n) is 8.06. The molecule has 0 aliphatic heterocycles. The molecule has 0 fully saturated rings. The third kappa shape index (κ3) is 2.71. The van der Waals surface area contributed by atoms with Gasteiger partial charge in [0.1, 0.15) is 0 Å². The molecule has 0 unspecified atom stereocenters. The predicted molar refractivity (Wildman–Crippen MR) is 68.7 cm³/mol. The highest BCUT2D eigenvalue weighted by molar-refractivity contribution is 6.19. The molecule has 2 rings (SSSR count). The average molecular weight is 240 g/mol. The molecule has 1 aromatic carbocycles. The Morgan fingerprint density at radius 2 is 2.00 bits per heavy atom. The molecule has 0 saturated carbocycles. The molecule has 15 heavy (non-hydrogen) atoms. The van der Waals surface area contributed by atoms with E-state index in [4.69, 9.17) is 11.6 Å². The van der Waals surface area contributed by atoms with Gasteiger partial charge in [-0.3, -0.25) is 4.98 Å². The molecule has 0 aliphatic carbocycles. The van der Waals surface area contributed by atoms with Crippen LogP contribution >= 0.6 is 24.0 Å². The Morgan fingerprint density at radius 1 is 1.20 bits per heavy atom. The minimum absolute atomic E-state index is 0. The fraction of sp³-hybridized carbons (Fsp3) is 0.0833. The SMILES string of the molecule is Cl.ClCC=Cc1nccc2ccccc12. The van der Waals surface area contributed by atoms with Crippen LogP contribution in [0.2, 0.25) is 0 Å². The summed E-state index contributed by atoms with van der Waals surface area (Å²) < 4.78 is 0. The molecular weight excluding hydrogens is 229 g/mol. The molecule has 1 nitrogen and oxygen atoms in total. The molecule has 0 saturated heterocycles. The van der Waals surface area contributed by atoms with Crippen molar-refractivity contribution in [3.8, 4) is 0 Å². The Kier molecular flexibility index (Phi) is 4.60. The van der Waals surface area contributed by atoms with Gasteiger partial charge in [0, 0.05) is 17.5 Å². The Bertz CT molecular complexity index is 461. The molecular formula is C12H11Cl2N. The molecule has 3 heteroatoms. The fourth-order valence-electron chi connectivity index (χ4n) is 1.43. The van der Waals surface area contributed by atoms with Crippen LogP contribution in [0.4, 0.5) is 0 Å². The van der Waals surface area contributed by atoms with E-state index < -0.39 is 0 Å². The molecule has 0 bridgehead atoms. The summed E-state index contributed by atoms with van der Waals surface area (Å²) in [5, 5.41) is 2.37. The minimum atomic E-state index is 0. The van der Waals surface area contributed by atoms with Crippen LogP contribution in [0.3, 0.4) is 0 Å². The van der Waals surface area contributed by atoms with Crippen LogP contribution in [0.5, 0.6) is 0 Å². The first-order valence-electron chi connectivity index (χ1n) is 4.48. The monoisotopic (exact) mass is 239 g/mol. The Labute approximate surface area is 100 Å². The number of hydrogen-bond acceptors (Lipinski definition) is 1. The van der Waals surface area contributed by atoms with Crippen molar-refractivity contribution in [1.29, 1.82) is 0 Å². The van der Waals surface area contributed by atoms with Crippen molar-refractivity contribution in [3.63, 3.8) is 0 Å². The minimum Gasteiger partial charge on any atom is -0.256 e. The van der Waals surface area contributed by atoms with Crippen molar-refractivity contribution in [2.75, 3.05) is 5.88 Å². The normalized spacial score (nSPS) is 10.5. The summed E-state index contributed by atoms with van der Waals surface area (Å²) in [5.41, 5.74) is 0.976. The molecule has 1 heterocycles. The topological polar surface area (TPSA) is 12.9 Å². The summed E-state index contributed by atoms with van der Waals surface area (Å²) in [4.78, 5) is 4.30. The van der Waals surface area contributed by atoms with Gasteiger partial charge >= 0.3 is 0 Å². The molecule has 0 N–H and O–H groups in total. The van der Waals surface area contributed by atoms with Crippen LogP contribution in [0.1, 0.15) is 5.69 Å². The molecule has 78 valence electrons. The van der Waals surface area contributed by atoms with Gasteiger partial charge < -0.3 is 0 Å². The van der Waals surface area contributed by atoms with E-state index in [0.717, 1.165) is 11.1 Å². The van der Waals surface area contributed by atoms with Gasteiger partial charge in [0.25, 0.3) is 0 Å². The number of rotatable bonds is 2. The van der Waals surface area contributed by atoms with E-state index in [0.29, 0.717) is 5.88 Å². The highest BCUT2D eigenvalue weighted by Gasteiger charge is 1.96. The van der Waals surface area contributed by atoms with E-state index in [2.05, 4.69) is 17.1 Å². The molecule has 2 aromatic rings. The van der Waals surface area contributed by atoms with E-state index >= 15 is 0 Å². The van der Waals surface area contributed by atoms with Crippen LogP contribution in [0.15, 0.2) is 42.6 Å². The van der Waals surface area contributed by atoms with Crippen molar-refractivity contribution in [2.45, 2.75) is 0 Å². The standard InChI is InChI=1S/C12H10ClN.ClH/c13-8-3-6-12-11-5-2-1-4-10(11)7-9-14-12;/h1-7,9H,8H2;1H. The summed E-state index contributed by atoms with van der Waals surface area (Å²) in [6.45, 7) is 0. The van der Waals surface area contributed by atoms with Gasteiger partial charge in [-0.1, -0.05) is 30.3 Å².